The molecule has 2 aromatic carbocycles. The molecule has 0 saturated carbocycles. The molecule has 15 heteroatoms. The Bertz CT molecular complexity index is 2620. The van der Waals surface area contributed by atoms with Crippen LogP contribution in [0.5, 0.6) is 11.5 Å². The standard InChI is InChI=1S/C22H21N5O2.C13H11N3O.C9H11BrN2O/c1-28-21-5-6-23-15-19(21)16-2-3-17-14-25-27(20(17)12-16)18-4-7-24-22(13-18)26-8-10-29-11-9-26;1-17-13-4-5-14-8-11(13)9-2-3-10-7-15-16-12(10)6-9;10-8-1-2-11-9(7-8)12-3-5-13-6-4-12/h2-7,12-15H,8-11H2,1H3;2-8H,1H3,(H,15,16);1-2,7H,3-6H2. The molecule has 300 valence electrons. The summed E-state index contributed by atoms with van der Waals surface area (Å²) >= 11 is 3.43. The number of benzene rings is 2. The van der Waals surface area contributed by atoms with Gasteiger partial charge < -0.3 is 28.7 Å². The smallest absolute Gasteiger partial charge is 0.130 e. The van der Waals surface area contributed by atoms with Crippen LogP contribution >= 0.6 is 15.9 Å². The average molecular weight is 856 g/mol. The van der Waals surface area contributed by atoms with E-state index in [0.29, 0.717) is 0 Å². The fourth-order valence-corrected chi connectivity index (χ4v) is 7.24. The molecule has 10 rings (SSSR count). The van der Waals surface area contributed by atoms with E-state index >= 15 is 0 Å². The Hall–Kier alpha value is -6.42. The van der Waals surface area contributed by atoms with Crippen molar-refractivity contribution in [1.29, 1.82) is 0 Å². The van der Waals surface area contributed by atoms with Gasteiger partial charge in [0.15, 0.2) is 0 Å². The predicted molar refractivity (Wildman–Crippen MR) is 233 cm³/mol. The molecular formula is C44H43BrN10O4. The van der Waals surface area contributed by atoms with Crippen LogP contribution in [0.4, 0.5) is 11.6 Å². The molecule has 2 saturated heterocycles. The number of aromatic amines is 1. The van der Waals surface area contributed by atoms with E-state index in [1.54, 1.807) is 39.0 Å². The summed E-state index contributed by atoms with van der Waals surface area (Å²) in [7, 11) is 3.33. The van der Waals surface area contributed by atoms with Crippen LogP contribution in [0.2, 0.25) is 0 Å². The molecule has 0 radical (unpaired) electrons. The third-order valence-corrected chi connectivity index (χ3v) is 10.5. The topological polar surface area (TPSA) is 141 Å². The van der Waals surface area contributed by atoms with Crippen molar-refractivity contribution in [3.63, 3.8) is 0 Å². The van der Waals surface area contributed by atoms with E-state index in [1.165, 1.54) is 0 Å². The molecule has 8 aromatic rings. The number of rotatable bonds is 7. The summed E-state index contributed by atoms with van der Waals surface area (Å²) in [6.45, 7) is 6.62. The van der Waals surface area contributed by atoms with Gasteiger partial charge in [0, 0.05) is 95.8 Å². The van der Waals surface area contributed by atoms with Crippen LogP contribution in [-0.2, 0) is 9.47 Å². The third-order valence-electron chi connectivity index (χ3n) is 9.99. The maximum atomic E-state index is 5.50. The molecule has 8 heterocycles. The second-order valence-electron chi connectivity index (χ2n) is 13.6. The van der Waals surface area contributed by atoms with Crippen LogP contribution in [0, 0.1) is 0 Å². The average Bonchev–Trinajstić information content (AvgIpc) is 3.97. The SMILES string of the molecule is Brc1ccnc(N2CCOCC2)c1.COc1ccncc1-c1ccc2cn[nH]c2c1.COc1ccncc1-c1ccc2cnn(-c3ccnc(N4CCOCC4)c3)c2c1. The van der Waals surface area contributed by atoms with Crippen LogP contribution < -0.4 is 19.3 Å². The molecule has 59 heavy (non-hydrogen) atoms. The third kappa shape index (κ3) is 9.33. The number of nitrogens with one attached hydrogen (secondary N) is 1. The molecule has 0 amide bonds. The Balaban J connectivity index is 0.000000136. The number of nitrogens with zero attached hydrogens (tertiary/aromatic N) is 9. The number of hydrogen-bond acceptors (Lipinski definition) is 12. The molecule has 2 aliphatic rings. The predicted octanol–water partition coefficient (Wildman–Crippen LogP) is 7.64. The first-order chi connectivity index (χ1) is 29.1. The van der Waals surface area contributed by atoms with E-state index < -0.39 is 0 Å². The highest BCUT2D eigenvalue weighted by Crippen LogP contribution is 2.33. The number of H-pyrrole nitrogens is 1. The largest absolute Gasteiger partial charge is 0.496 e. The summed E-state index contributed by atoms with van der Waals surface area (Å²) in [6, 6.07) is 24.1. The van der Waals surface area contributed by atoms with Crippen molar-refractivity contribution < 1.29 is 18.9 Å². The number of hydrogen-bond donors (Lipinski definition) is 1. The number of morpholine rings is 2. The Morgan fingerprint density at radius 2 is 1.20 bits per heavy atom. The minimum absolute atomic E-state index is 0.729. The summed E-state index contributed by atoms with van der Waals surface area (Å²) in [4.78, 5) is 21.7. The lowest BCUT2D eigenvalue weighted by atomic mass is 10.1. The van der Waals surface area contributed by atoms with Crippen LogP contribution in [0.25, 0.3) is 49.7 Å². The normalized spacial score (nSPS) is 13.9. The van der Waals surface area contributed by atoms with Gasteiger partial charge in [0.05, 0.1) is 69.8 Å². The number of aromatic nitrogens is 8. The molecule has 0 spiro atoms. The Labute approximate surface area is 349 Å². The lowest BCUT2D eigenvalue weighted by molar-refractivity contribution is 0.122. The number of methoxy groups -OCH3 is 2. The van der Waals surface area contributed by atoms with Gasteiger partial charge in [-0.3, -0.25) is 15.1 Å². The quantitative estimate of drug-likeness (QED) is 0.168. The fraction of sp³-hybridized carbons (Fsp3) is 0.227. The fourth-order valence-electron chi connectivity index (χ4n) is 6.91. The number of ether oxygens (including phenoxy) is 4. The second kappa shape index (κ2) is 18.9. The zero-order valence-corrected chi connectivity index (χ0v) is 34.3. The van der Waals surface area contributed by atoms with Gasteiger partial charge in [-0.25, -0.2) is 14.6 Å². The molecule has 2 aliphatic heterocycles. The number of fused-ring (bicyclic) bond motifs is 2. The molecule has 0 atom stereocenters. The van der Waals surface area contributed by atoms with Crippen LogP contribution in [0.15, 0.2) is 127 Å². The molecule has 0 unspecified atom stereocenters. The van der Waals surface area contributed by atoms with Gasteiger partial charge in [0.1, 0.15) is 23.1 Å². The summed E-state index contributed by atoms with van der Waals surface area (Å²) in [5, 5.41) is 13.8. The summed E-state index contributed by atoms with van der Waals surface area (Å²) in [5.74, 6) is 3.58. The molecule has 14 nitrogen and oxygen atoms in total. The molecule has 0 bridgehead atoms. The van der Waals surface area contributed by atoms with Crippen molar-refractivity contribution in [3.8, 4) is 39.4 Å². The molecule has 1 N–H and O–H groups in total. The van der Waals surface area contributed by atoms with E-state index in [4.69, 9.17) is 18.9 Å². The highest BCUT2D eigenvalue weighted by atomic mass is 79.9. The molecule has 0 aliphatic carbocycles. The van der Waals surface area contributed by atoms with Gasteiger partial charge in [-0.2, -0.15) is 10.2 Å². The van der Waals surface area contributed by atoms with Gasteiger partial charge in [0.2, 0.25) is 0 Å². The molecule has 2 fully saturated rings. The lowest BCUT2D eigenvalue weighted by Gasteiger charge is -2.28. The highest BCUT2D eigenvalue weighted by Gasteiger charge is 2.16. The minimum atomic E-state index is 0.729. The zero-order chi connectivity index (χ0) is 40.4. The number of halogens is 1. The van der Waals surface area contributed by atoms with E-state index in [1.807, 2.05) is 78.0 Å². The van der Waals surface area contributed by atoms with Crippen molar-refractivity contribution in [2.75, 3.05) is 76.6 Å². The van der Waals surface area contributed by atoms with Crippen molar-refractivity contribution >= 4 is 49.4 Å². The van der Waals surface area contributed by atoms with Crippen LogP contribution in [0.1, 0.15) is 0 Å². The van der Waals surface area contributed by atoms with Crippen molar-refractivity contribution in [3.05, 3.63) is 127 Å². The van der Waals surface area contributed by atoms with Crippen LogP contribution in [0.3, 0.4) is 0 Å². The monoisotopic (exact) mass is 854 g/mol. The summed E-state index contributed by atoms with van der Waals surface area (Å²) < 4.78 is 24.6. The maximum Gasteiger partial charge on any atom is 0.130 e. The molecule has 6 aromatic heterocycles. The number of pyridine rings is 4. The lowest BCUT2D eigenvalue weighted by Crippen LogP contribution is -2.36. The van der Waals surface area contributed by atoms with Crippen LogP contribution in [-0.4, -0.2) is 107 Å². The summed E-state index contributed by atoms with van der Waals surface area (Å²) in [6.07, 6.45) is 14.4. The highest BCUT2D eigenvalue weighted by molar-refractivity contribution is 9.10. The molecular weight excluding hydrogens is 812 g/mol. The van der Waals surface area contributed by atoms with E-state index in [9.17, 15) is 0 Å². The Morgan fingerprint density at radius 3 is 1.83 bits per heavy atom. The second-order valence-corrected chi connectivity index (χ2v) is 14.5. The van der Waals surface area contributed by atoms with E-state index in [2.05, 4.69) is 85.2 Å². The van der Waals surface area contributed by atoms with Gasteiger partial charge in [0.25, 0.3) is 0 Å². The Kier molecular flexibility index (Phi) is 12.6. The van der Waals surface area contributed by atoms with Gasteiger partial charge in [-0.15, -0.1) is 0 Å². The first-order valence-corrected chi connectivity index (χ1v) is 20.0. The van der Waals surface area contributed by atoms with Crippen molar-refractivity contribution in [2.24, 2.45) is 0 Å². The minimum Gasteiger partial charge on any atom is -0.496 e. The first kappa shape index (κ1) is 39.4. The van der Waals surface area contributed by atoms with Crippen molar-refractivity contribution in [2.45, 2.75) is 0 Å². The maximum absolute atomic E-state index is 5.50. The Morgan fingerprint density at radius 1 is 0.610 bits per heavy atom. The van der Waals surface area contributed by atoms with Gasteiger partial charge in [-0.05, 0) is 53.6 Å². The zero-order valence-electron chi connectivity index (χ0n) is 32.7. The van der Waals surface area contributed by atoms with Gasteiger partial charge in [-0.1, -0.05) is 40.2 Å². The first-order valence-electron chi connectivity index (χ1n) is 19.2. The van der Waals surface area contributed by atoms with Crippen molar-refractivity contribution in [1.82, 2.24) is 39.9 Å². The number of anilines is 2. The van der Waals surface area contributed by atoms with E-state index in [0.717, 1.165) is 130 Å². The summed E-state index contributed by atoms with van der Waals surface area (Å²) in [5.41, 5.74) is 7.03. The van der Waals surface area contributed by atoms with E-state index in [-0.39, 0.29) is 0 Å². The van der Waals surface area contributed by atoms with Gasteiger partial charge >= 0.3 is 0 Å².